The monoisotopic (exact) mass is 393 g/mol. The Kier molecular flexibility index (Phi) is 7.14. The summed E-state index contributed by atoms with van der Waals surface area (Å²) in [7, 11) is 1.58. The van der Waals surface area contributed by atoms with Gasteiger partial charge in [0, 0.05) is 30.9 Å². The van der Waals surface area contributed by atoms with E-state index in [4.69, 9.17) is 14.9 Å². The van der Waals surface area contributed by atoms with Crippen LogP contribution < -0.4 is 5.32 Å². The highest BCUT2D eigenvalue weighted by Crippen LogP contribution is 2.23. The molecule has 1 aliphatic rings. The van der Waals surface area contributed by atoms with Crippen LogP contribution in [0.25, 0.3) is 10.9 Å². The number of nitrogens with one attached hydrogen (secondary N) is 2. The summed E-state index contributed by atoms with van der Waals surface area (Å²) in [4.78, 5) is 17.4. The quantitative estimate of drug-likeness (QED) is 0.426. The molecule has 0 aliphatic carbocycles. The van der Waals surface area contributed by atoms with Crippen LogP contribution in [-0.2, 0) is 15.9 Å². The van der Waals surface area contributed by atoms with Crippen LogP contribution in [0, 0.1) is 12.3 Å². The Hall–Kier alpha value is -2.99. The number of benzene rings is 1. The zero-order valence-electron chi connectivity index (χ0n) is 16.9. The average molecular weight is 393 g/mol. The summed E-state index contributed by atoms with van der Waals surface area (Å²) < 4.78 is 10.3. The van der Waals surface area contributed by atoms with E-state index in [-0.39, 0.29) is 11.9 Å². The number of hydrogen-bond donors (Lipinski definition) is 2. The SMILES string of the molecule is CO/C=C/C=C(\C=N)Cc1cc(C(=O)NC2CCOCC2)nc2ccc(C)cc12. The molecule has 1 aromatic carbocycles. The molecule has 6 heteroatoms. The first-order chi connectivity index (χ1) is 14.1. The second-order valence-electron chi connectivity index (χ2n) is 7.17. The Labute approximate surface area is 171 Å². The summed E-state index contributed by atoms with van der Waals surface area (Å²) in [6.07, 6.45) is 8.64. The Bertz CT molecular complexity index is 944. The van der Waals surface area contributed by atoms with Crippen LogP contribution >= 0.6 is 0 Å². The first kappa shape index (κ1) is 20.7. The summed E-state index contributed by atoms with van der Waals surface area (Å²) in [5.41, 5.74) is 4.08. The van der Waals surface area contributed by atoms with Gasteiger partial charge >= 0.3 is 0 Å². The molecule has 1 aromatic heterocycles. The smallest absolute Gasteiger partial charge is 0.270 e. The molecule has 3 rings (SSSR count). The number of allylic oxidation sites excluding steroid dienone is 3. The number of ether oxygens (including phenoxy) is 2. The van der Waals surface area contributed by atoms with E-state index in [2.05, 4.69) is 16.4 Å². The van der Waals surface area contributed by atoms with Crippen LogP contribution in [-0.4, -0.2) is 43.5 Å². The van der Waals surface area contributed by atoms with E-state index in [1.165, 1.54) is 6.21 Å². The van der Waals surface area contributed by atoms with Crippen molar-refractivity contribution in [2.45, 2.75) is 32.2 Å². The largest absolute Gasteiger partial charge is 0.504 e. The molecule has 152 valence electrons. The van der Waals surface area contributed by atoms with E-state index in [9.17, 15) is 4.79 Å². The van der Waals surface area contributed by atoms with Gasteiger partial charge in [0.2, 0.25) is 0 Å². The van der Waals surface area contributed by atoms with Gasteiger partial charge in [0.25, 0.3) is 5.91 Å². The number of fused-ring (bicyclic) bond motifs is 1. The Morgan fingerprint density at radius 3 is 2.86 bits per heavy atom. The molecule has 1 aliphatic heterocycles. The van der Waals surface area contributed by atoms with Gasteiger partial charge in [-0.3, -0.25) is 4.79 Å². The number of amides is 1. The molecular weight excluding hydrogens is 366 g/mol. The number of methoxy groups -OCH3 is 1. The minimum absolute atomic E-state index is 0.117. The van der Waals surface area contributed by atoms with Gasteiger partial charge in [0.05, 0.1) is 18.9 Å². The zero-order chi connectivity index (χ0) is 20.6. The second kappa shape index (κ2) is 9.98. The van der Waals surface area contributed by atoms with E-state index in [0.717, 1.165) is 40.4 Å². The highest BCUT2D eigenvalue weighted by atomic mass is 16.5. The number of pyridine rings is 1. The molecule has 2 aromatic rings. The predicted molar refractivity (Wildman–Crippen MR) is 115 cm³/mol. The van der Waals surface area contributed by atoms with Gasteiger partial charge in [-0.15, -0.1) is 0 Å². The molecular formula is C23H27N3O3. The Morgan fingerprint density at radius 2 is 2.14 bits per heavy atom. The summed E-state index contributed by atoms with van der Waals surface area (Å²) in [5.74, 6) is -0.166. The number of aryl methyl sites for hydroxylation is 1. The first-order valence-electron chi connectivity index (χ1n) is 9.78. The van der Waals surface area contributed by atoms with Crippen LogP contribution in [0.4, 0.5) is 0 Å². The lowest BCUT2D eigenvalue weighted by Gasteiger charge is -2.23. The van der Waals surface area contributed by atoms with Crippen molar-refractivity contribution in [2.75, 3.05) is 20.3 Å². The molecule has 29 heavy (non-hydrogen) atoms. The molecule has 1 fully saturated rings. The van der Waals surface area contributed by atoms with Crippen molar-refractivity contribution in [3.8, 4) is 0 Å². The molecule has 0 atom stereocenters. The van der Waals surface area contributed by atoms with E-state index < -0.39 is 0 Å². The van der Waals surface area contributed by atoms with Gasteiger partial charge in [0.1, 0.15) is 5.69 Å². The maximum Gasteiger partial charge on any atom is 0.270 e. The summed E-state index contributed by atoms with van der Waals surface area (Å²) in [6.45, 7) is 3.37. The molecule has 0 unspecified atom stereocenters. The van der Waals surface area contributed by atoms with Crippen molar-refractivity contribution in [1.82, 2.24) is 10.3 Å². The van der Waals surface area contributed by atoms with Gasteiger partial charge in [-0.1, -0.05) is 17.7 Å². The van der Waals surface area contributed by atoms with Crippen LogP contribution in [0.5, 0.6) is 0 Å². The summed E-state index contributed by atoms with van der Waals surface area (Å²) in [6, 6.07) is 7.97. The molecule has 0 bridgehead atoms. The van der Waals surface area contributed by atoms with Crippen molar-refractivity contribution >= 4 is 23.0 Å². The number of hydrogen-bond acceptors (Lipinski definition) is 5. The third kappa shape index (κ3) is 5.51. The number of carbonyl (C=O) groups excluding carboxylic acids is 1. The van der Waals surface area contributed by atoms with Crippen molar-refractivity contribution in [3.63, 3.8) is 0 Å². The van der Waals surface area contributed by atoms with Gasteiger partial charge in [-0.05, 0) is 61.6 Å². The third-order valence-electron chi connectivity index (χ3n) is 4.94. The van der Waals surface area contributed by atoms with E-state index >= 15 is 0 Å². The normalized spacial score (nSPS) is 15.6. The topological polar surface area (TPSA) is 84.3 Å². The summed E-state index contributed by atoms with van der Waals surface area (Å²) in [5, 5.41) is 11.8. The molecule has 2 heterocycles. The van der Waals surface area contributed by atoms with Crippen molar-refractivity contribution in [3.05, 3.63) is 65.1 Å². The van der Waals surface area contributed by atoms with Gasteiger partial charge in [-0.25, -0.2) is 4.98 Å². The van der Waals surface area contributed by atoms with Crippen LogP contribution in [0.15, 0.2) is 48.3 Å². The molecule has 6 nitrogen and oxygen atoms in total. The standard InChI is InChI=1S/C23H27N3O3/c1-16-5-6-21-20(12-16)18(13-17(15-24)4-3-9-28-2)14-22(26-21)23(27)25-19-7-10-29-11-8-19/h3-6,9,12,14-15,19,24H,7-8,10-11,13H2,1-2H3,(H,25,27)/b9-3+,17-4-,24-15?. The summed E-state index contributed by atoms with van der Waals surface area (Å²) >= 11 is 0. The van der Waals surface area contributed by atoms with Crippen molar-refractivity contribution < 1.29 is 14.3 Å². The fourth-order valence-electron chi connectivity index (χ4n) is 3.39. The molecule has 2 N–H and O–H groups in total. The van der Waals surface area contributed by atoms with Crippen molar-refractivity contribution in [1.29, 1.82) is 5.41 Å². The lowest BCUT2D eigenvalue weighted by molar-refractivity contribution is 0.0694. The average Bonchev–Trinajstić information content (AvgIpc) is 2.73. The van der Waals surface area contributed by atoms with E-state index in [1.807, 2.05) is 31.2 Å². The number of nitrogens with zero attached hydrogens (tertiary/aromatic N) is 1. The highest BCUT2D eigenvalue weighted by molar-refractivity contribution is 5.96. The molecule has 0 radical (unpaired) electrons. The number of rotatable bonds is 7. The first-order valence-corrected chi connectivity index (χ1v) is 9.78. The number of carbonyl (C=O) groups is 1. The fourth-order valence-corrected chi connectivity index (χ4v) is 3.39. The van der Waals surface area contributed by atoms with Crippen LogP contribution in [0.1, 0.15) is 34.5 Å². The third-order valence-corrected chi connectivity index (χ3v) is 4.94. The maximum absolute atomic E-state index is 12.8. The zero-order valence-corrected chi connectivity index (χ0v) is 16.9. The molecule has 0 saturated carbocycles. The van der Waals surface area contributed by atoms with E-state index in [1.54, 1.807) is 19.4 Å². The van der Waals surface area contributed by atoms with Crippen LogP contribution in [0.3, 0.4) is 0 Å². The fraction of sp³-hybridized carbons (Fsp3) is 0.348. The Morgan fingerprint density at radius 1 is 1.34 bits per heavy atom. The minimum atomic E-state index is -0.166. The number of aromatic nitrogens is 1. The van der Waals surface area contributed by atoms with Gasteiger partial charge < -0.3 is 20.2 Å². The highest BCUT2D eigenvalue weighted by Gasteiger charge is 2.19. The van der Waals surface area contributed by atoms with E-state index in [0.29, 0.717) is 25.3 Å². The van der Waals surface area contributed by atoms with Crippen molar-refractivity contribution in [2.24, 2.45) is 0 Å². The molecule has 0 spiro atoms. The van der Waals surface area contributed by atoms with Crippen LogP contribution in [0.2, 0.25) is 0 Å². The molecule has 1 saturated heterocycles. The predicted octanol–water partition coefficient (Wildman–Crippen LogP) is 3.73. The van der Waals surface area contributed by atoms with Gasteiger partial charge in [-0.2, -0.15) is 0 Å². The minimum Gasteiger partial charge on any atom is -0.504 e. The Balaban J connectivity index is 1.94. The molecule has 1 amide bonds. The maximum atomic E-state index is 12.8. The lowest BCUT2D eigenvalue weighted by atomic mass is 9.98. The second-order valence-corrected chi connectivity index (χ2v) is 7.17. The van der Waals surface area contributed by atoms with Gasteiger partial charge in [0.15, 0.2) is 0 Å². The lowest BCUT2D eigenvalue weighted by Crippen LogP contribution is -2.39.